The smallest absolute Gasteiger partial charge is 0.0513 e. The van der Waals surface area contributed by atoms with Crippen molar-refractivity contribution in [2.45, 2.75) is 100 Å². The van der Waals surface area contributed by atoms with Gasteiger partial charge in [0.2, 0.25) is 0 Å². The van der Waals surface area contributed by atoms with E-state index in [0.717, 1.165) is 19.3 Å². The molecule has 5 aliphatic rings. The first-order valence-electron chi connectivity index (χ1n) is 18.9. The predicted molar refractivity (Wildman–Crippen MR) is 208 cm³/mol. The highest BCUT2D eigenvalue weighted by Crippen LogP contribution is 2.83. The van der Waals surface area contributed by atoms with Crippen molar-refractivity contribution in [1.29, 1.82) is 0 Å². The Balaban J connectivity index is 1.63. The molecule has 3 aromatic carbocycles. The van der Waals surface area contributed by atoms with Crippen molar-refractivity contribution in [3.05, 3.63) is 159 Å². The van der Waals surface area contributed by atoms with Crippen molar-refractivity contribution in [2.75, 3.05) is 0 Å². The normalized spacial score (nSPS) is 28.9. The lowest BCUT2D eigenvalue weighted by Crippen LogP contribution is -2.72. The Labute approximate surface area is 296 Å². The van der Waals surface area contributed by atoms with Crippen LogP contribution in [-0.2, 0) is 11.8 Å². The highest BCUT2D eigenvalue weighted by atomic mass is 14.8. The third-order valence-corrected chi connectivity index (χ3v) is 16.2. The summed E-state index contributed by atoms with van der Waals surface area (Å²) in [7, 11) is 0. The molecule has 0 nitrogen and oxygen atoms in total. The van der Waals surface area contributed by atoms with Gasteiger partial charge in [-0.2, -0.15) is 0 Å². The Morgan fingerprint density at radius 3 is 1.88 bits per heavy atom. The van der Waals surface area contributed by atoms with Gasteiger partial charge in [-0.3, -0.25) is 0 Å². The van der Waals surface area contributed by atoms with E-state index in [1.165, 1.54) is 45.4 Å². The van der Waals surface area contributed by atoms with Gasteiger partial charge in [0, 0.05) is 10.8 Å². The molecule has 5 aliphatic carbocycles. The van der Waals surface area contributed by atoms with Crippen LogP contribution in [0.15, 0.2) is 125 Å². The number of rotatable bonds is 4. The molecule has 0 heterocycles. The number of benzene rings is 3. The molecule has 1 saturated carbocycles. The van der Waals surface area contributed by atoms with Gasteiger partial charge >= 0.3 is 0 Å². The van der Waals surface area contributed by atoms with Gasteiger partial charge in [0.05, 0.1) is 5.41 Å². The van der Waals surface area contributed by atoms with Crippen LogP contribution in [0.1, 0.15) is 108 Å². The zero-order valence-corrected chi connectivity index (χ0v) is 31.7. The molecule has 1 fully saturated rings. The second kappa shape index (κ2) is 10.4. The summed E-state index contributed by atoms with van der Waals surface area (Å²) in [5.41, 5.74) is 15.5. The van der Waals surface area contributed by atoms with E-state index in [4.69, 9.17) is 0 Å². The molecule has 0 amide bonds. The summed E-state index contributed by atoms with van der Waals surface area (Å²) >= 11 is 0. The molecule has 3 aromatic rings. The predicted octanol–water partition coefficient (Wildman–Crippen LogP) is 12.9. The molecule has 49 heavy (non-hydrogen) atoms. The summed E-state index contributed by atoms with van der Waals surface area (Å²) < 4.78 is 0. The lowest BCUT2D eigenvalue weighted by atomic mass is 9.25. The van der Waals surface area contributed by atoms with Crippen molar-refractivity contribution in [2.24, 2.45) is 33.0 Å². The number of fused-ring (bicyclic) bond motifs is 6. The fraction of sp³-hybridized carbons (Fsp3) is 0.429. The third-order valence-electron chi connectivity index (χ3n) is 16.2. The molecular weight excluding hydrogens is 589 g/mol. The average molecular weight is 645 g/mol. The second-order valence-electron chi connectivity index (χ2n) is 18.1. The summed E-state index contributed by atoms with van der Waals surface area (Å²) in [6.07, 6.45) is 16.6. The number of allylic oxidation sites excluding steroid dienone is 10. The lowest BCUT2D eigenvalue weighted by Gasteiger charge is -2.78. The zero-order chi connectivity index (χ0) is 34.8. The van der Waals surface area contributed by atoms with Crippen molar-refractivity contribution in [3.8, 4) is 0 Å². The van der Waals surface area contributed by atoms with Crippen molar-refractivity contribution < 1.29 is 0 Å². The first-order chi connectivity index (χ1) is 23.2. The van der Waals surface area contributed by atoms with Crippen LogP contribution in [0.4, 0.5) is 0 Å². The minimum absolute atomic E-state index is 0.00133. The summed E-state index contributed by atoms with van der Waals surface area (Å²) in [4.78, 5) is 0. The zero-order valence-electron chi connectivity index (χ0n) is 31.7. The van der Waals surface area contributed by atoms with Gasteiger partial charge < -0.3 is 0 Å². The second-order valence-corrected chi connectivity index (χ2v) is 18.1. The van der Waals surface area contributed by atoms with Crippen LogP contribution in [-0.4, -0.2) is 0 Å². The molecular formula is C49H56. The van der Waals surface area contributed by atoms with E-state index in [-0.39, 0.29) is 27.1 Å². The summed E-state index contributed by atoms with van der Waals surface area (Å²) in [5.74, 6) is 0.450. The van der Waals surface area contributed by atoms with Gasteiger partial charge in [0.1, 0.15) is 0 Å². The highest BCUT2D eigenvalue weighted by molar-refractivity contribution is 5.93. The first kappa shape index (κ1) is 32.6. The molecule has 3 unspecified atom stereocenters. The van der Waals surface area contributed by atoms with Crippen molar-refractivity contribution in [1.82, 2.24) is 0 Å². The van der Waals surface area contributed by atoms with Gasteiger partial charge in [-0.05, 0) is 101 Å². The first-order valence-corrected chi connectivity index (χ1v) is 18.9. The van der Waals surface area contributed by atoms with E-state index in [0.29, 0.717) is 5.92 Å². The molecule has 3 atom stereocenters. The topological polar surface area (TPSA) is 0 Å². The standard InChI is InChI=1S/C49H56/c1-32-23-27-36(28-24-32)49(35-18-12-13-19-35,37-29-25-33(2)26-30-37)48(10)43-40-31-34-17-11-14-20-38(34)42(40)39-21-15-16-22-41(39)47(43,9)45(5,6)44(3,4)46(48,7)8/h11-15,17-18,20-21,23-30,41H,16,19,22,31H2,1-10H3. The maximum Gasteiger partial charge on any atom is 0.0513 e. The largest absolute Gasteiger partial charge is 0.0842 e. The number of hydrogen-bond acceptors (Lipinski definition) is 0. The van der Waals surface area contributed by atoms with Crippen LogP contribution in [0.2, 0.25) is 0 Å². The fourth-order valence-corrected chi connectivity index (χ4v) is 12.4. The van der Waals surface area contributed by atoms with E-state index in [1.807, 2.05) is 0 Å². The van der Waals surface area contributed by atoms with Crippen LogP contribution >= 0.6 is 0 Å². The van der Waals surface area contributed by atoms with E-state index in [1.54, 1.807) is 22.3 Å². The summed E-state index contributed by atoms with van der Waals surface area (Å²) in [6, 6.07) is 28.8. The Hall–Kier alpha value is -3.64. The molecule has 0 radical (unpaired) electrons. The molecule has 0 bridgehead atoms. The fourth-order valence-electron chi connectivity index (χ4n) is 12.4. The van der Waals surface area contributed by atoms with Crippen LogP contribution < -0.4 is 0 Å². The monoisotopic (exact) mass is 644 g/mol. The average Bonchev–Trinajstić information content (AvgIpc) is 3.75. The highest BCUT2D eigenvalue weighted by Gasteiger charge is 2.77. The lowest BCUT2D eigenvalue weighted by molar-refractivity contribution is -0.206. The van der Waals surface area contributed by atoms with Gasteiger partial charge in [-0.25, -0.2) is 0 Å². The van der Waals surface area contributed by atoms with Gasteiger partial charge in [-0.1, -0.05) is 181 Å². The van der Waals surface area contributed by atoms with E-state index >= 15 is 0 Å². The Morgan fingerprint density at radius 2 is 1.29 bits per heavy atom. The van der Waals surface area contributed by atoms with Crippen LogP contribution in [0.25, 0.3) is 5.57 Å². The molecule has 0 saturated heterocycles. The maximum atomic E-state index is 2.74. The molecule has 0 aromatic heterocycles. The molecule has 0 heteroatoms. The molecule has 0 aliphatic heterocycles. The molecule has 8 rings (SSSR count). The minimum atomic E-state index is -0.402. The van der Waals surface area contributed by atoms with Gasteiger partial charge in [0.15, 0.2) is 0 Å². The quantitative estimate of drug-likeness (QED) is 0.265. The molecule has 252 valence electrons. The molecule has 0 N–H and O–H groups in total. The van der Waals surface area contributed by atoms with Crippen LogP contribution in [0.3, 0.4) is 0 Å². The third kappa shape index (κ3) is 3.72. The van der Waals surface area contributed by atoms with Crippen LogP contribution in [0.5, 0.6) is 0 Å². The van der Waals surface area contributed by atoms with Gasteiger partial charge in [-0.15, -0.1) is 0 Å². The number of aryl methyl sites for hydroxylation is 2. The maximum absolute atomic E-state index is 2.74. The Bertz CT molecular complexity index is 1970. The van der Waals surface area contributed by atoms with Crippen molar-refractivity contribution >= 4 is 5.57 Å². The van der Waals surface area contributed by atoms with Gasteiger partial charge in [0.25, 0.3) is 0 Å². The van der Waals surface area contributed by atoms with Crippen LogP contribution in [0, 0.1) is 46.8 Å². The Morgan fingerprint density at radius 1 is 0.673 bits per heavy atom. The van der Waals surface area contributed by atoms with E-state index in [9.17, 15) is 0 Å². The SMILES string of the molecule is Cc1ccc(C(C2=CC=CC2)(c2ccc(C)cc2)C2(C)C3=C4Cc5ccccc5C4=C4C=CCCC4C3(C)C(C)(C)C(C)(C)C2(C)C)cc1. The van der Waals surface area contributed by atoms with E-state index in [2.05, 4.69) is 172 Å². The van der Waals surface area contributed by atoms with Crippen molar-refractivity contribution in [3.63, 3.8) is 0 Å². The van der Waals surface area contributed by atoms with E-state index < -0.39 is 5.41 Å². The minimum Gasteiger partial charge on any atom is -0.0842 e. The Kier molecular flexibility index (Phi) is 6.94. The number of hydrogen-bond donors (Lipinski definition) is 0. The summed E-state index contributed by atoms with van der Waals surface area (Å²) in [5, 5.41) is 0. The molecule has 0 spiro atoms. The summed E-state index contributed by atoms with van der Waals surface area (Å²) in [6.45, 7) is 25.8.